The number of carboxylic acid groups (broad SMARTS) is 1. The molecular weight excluding hydrogens is 298 g/mol. The van der Waals surface area contributed by atoms with Crippen LogP contribution >= 0.6 is 11.8 Å². The number of aromatic nitrogens is 2. The summed E-state index contributed by atoms with van der Waals surface area (Å²) in [4.78, 5) is 20.5. The first-order valence-electron chi connectivity index (χ1n) is 7.28. The summed E-state index contributed by atoms with van der Waals surface area (Å²) in [6.45, 7) is 4.05. The van der Waals surface area contributed by atoms with Crippen LogP contribution < -0.4 is 5.32 Å². The zero-order chi connectivity index (χ0) is 16.1. The molecule has 0 bridgehead atoms. The number of anilines is 1. The predicted molar refractivity (Wildman–Crippen MR) is 91.7 cm³/mol. The van der Waals surface area contributed by atoms with E-state index in [1.165, 1.54) is 0 Å². The van der Waals surface area contributed by atoms with E-state index in [1.54, 1.807) is 11.8 Å². The third-order valence-corrected chi connectivity index (χ3v) is 4.00. The number of hydrogen-bond donors (Lipinski definition) is 2. The van der Waals surface area contributed by atoms with Gasteiger partial charge in [0.1, 0.15) is 17.7 Å². The average molecular weight is 319 g/mol. The van der Waals surface area contributed by atoms with Crippen LogP contribution in [0.25, 0.3) is 10.9 Å². The summed E-state index contributed by atoms with van der Waals surface area (Å²) >= 11 is 1.63. The van der Waals surface area contributed by atoms with Gasteiger partial charge in [0.2, 0.25) is 0 Å². The van der Waals surface area contributed by atoms with E-state index < -0.39 is 12.0 Å². The molecule has 1 heterocycles. The highest BCUT2D eigenvalue weighted by atomic mass is 32.2. The Morgan fingerprint density at radius 2 is 2.05 bits per heavy atom. The molecular formula is C16H21N3O2S. The summed E-state index contributed by atoms with van der Waals surface area (Å²) in [5.74, 6) is 1.42. The normalized spacial score (nSPS) is 12.5. The van der Waals surface area contributed by atoms with Gasteiger partial charge < -0.3 is 10.4 Å². The van der Waals surface area contributed by atoms with E-state index in [2.05, 4.69) is 15.3 Å². The Morgan fingerprint density at radius 3 is 2.68 bits per heavy atom. The van der Waals surface area contributed by atoms with E-state index >= 15 is 0 Å². The van der Waals surface area contributed by atoms with Crippen LogP contribution in [-0.4, -0.2) is 39.1 Å². The van der Waals surface area contributed by atoms with Gasteiger partial charge in [-0.2, -0.15) is 11.8 Å². The van der Waals surface area contributed by atoms with E-state index in [4.69, 9.17) is 0 Å². The van der Waals surface area contributed by atoms with Crippen LogP contribution in [-0.2, 0) is 4.79 Å². The molecule has 22 heavy (non-hydrogen) atoms. The molecule has 1 aromatic heterocycles. The second-order valence-corrected chi connectivity index (χ2v) is 6.40. The molecule has 2 N–H and O–H groups in total. The van der Waals surface area contributed by atoms with Crippen LogP contribution in [0.4, 0.5) is 5.82 Å². The van der Waals surface area contributed by atoms with E-state index in [0.29, 0.717) is 12.2 Å². The smallest absolute Gasteiger partial charge is 0.326 e. The van der Waals surface area contributed by atoms with Crippen LogP contribution in [0, 0.1) is 0 Å². The average Bonchev–Trinajstić information content (AvgIpc) is 2.50. The largest absolute Gasteiger partial charge is 0.480 e. The Labute approximate surface area is 134 Å². The van der Waals surface area contributed by atoms with Gasteiger partial charge in [-0.05, 0) is 30.6 Å². The molecule has 0 aliphatic heterocycles. The van der Waals surface area contributed by atoms with Crippen molar-refractivity contribution < 1.29 is 9.90 Å². The topological polar surface area (TPSA) is 75.1 Å². The van der Waals surface area contributed by atoms with Crippen molar-refractivity contribution in [1.29, 1.82) is 0 Å². The number of aliphatic carboxylic acids is 1. The van der Waals surface area contributed by atoms with Gasteiger partial charge in [-0.15, -0.1) is 0 Å². The molecule has 1 atom stereocenters. The molecule has 0 radical (unpaired) electrons. The quantitative estimate of drug-likeness (QED) is 0.815. The summed E-state index contributed by atoms with van der Waals surface area (Å²) in [5.41, 5.74) is 0.831. The maximum Gasteiger partial charge on any atom is 0.326 e. The lowest BCUT2D eigenvalue weighted by molar-refractivity contribution is -0.137. The number of carbonyl (C=O) groups is 1. The Bertz CT molecular complexity index is 661. The molecule has 118 valence electrons. The fourth-order valence-corrected chi connectivity index (χ4v) is 2.59. The Kier molecular flexibility index (Phi) is 5.60. The minimum absolute atomic E-state index is 0.180. The second-order valence-electron chi connectivity index (χ2n) is 5.42. The number of para-hydroxylation sites is 1. The van der Waals surface area contributed by atoms with Crippen LogP contribution in [0.1, 0.15) is 32.0 Å². The van der Waals surface area contributed by atoms with Crippen LogP contribution in [0.5, 0.6) is 0 Å². The molecule has 1 unspecified atom stereocenters. The SMILES string of the molecule is CSCCC(Nc1nc(C(C)C)nc2ccccc12)C(=O)O. The van der Waals surface area contributed by atoms with Crippen molar-refractivity contribution in [2.45, 2.75) is 32.2 Å². The standard InChI is InChI=1S/C16H21N3O2S/c1-10(2)14-17-12-7-5-4-6-11(12)15(19-14)18-13(16(20)21)8-9-22-3/h4-7,10,13H,8-9H2,1-3H3,(H,20,21)(H,17,18,19). The molecule has 5 nitrogen and oxygen atoms in total. The van der Waals surface area contributed by atoms with E-state index in [9.17, 15) is 9.90 Å². The zero-order valence-corrected chi connectivity index (χ0v) is 13.9. The van der Waals surface area contributed by atoms with Gasteiger partial charge in [-0.3, -0.25) is 0 Å². The summed E-state index contributed by atoms with van der Waals surface area (Å²) in [6.07, 6.45) is 2.52. The molecule has 0 fully saturated rings. The van der Waals surface area contributed by atoms with Crippen molar-refractivity contribution in [2.24, 2.45) is 0 Å². The van der Waals surface area contributed by atoms with Crippen LogP contribution in [0.2, 0.25) is 0 Å². The van der Waals surface area contributed by atoms with Gasteiger partial charge in [0, 0.05) is 11.3 Å². The highest BCUT2D eigenvalue weighted by Gasteiger charge is 2.19. The van der Waals surface area contributed by atoms with Crippen LogP contribution in [0.15, 0.2) is 24.3 Å². The van der Waals surface area contributed by atoms with Crippen molar-refractivity contribution in [1.82, 2.24) is 9.97 Å². The predicted octanol–water partition coefficient (Wildman–Crippen LogP) is 3.37. The maximum absolute atomic E-state index is 11.4. The number of thioether (sulfide) groups is 1. The summed E-state index contributed by atoms with van der Waals surface area (Å²) in [6, 6.07) is 7.02. The molecule has 0 aliphatic carbocycles. The molecule has 1 aromatic carbocycles. The summed E-state index contributed by atoms with van der Waals surface area (Å²) in [5, 5.41) is 13.3. The molecule has 0 amide bonds. The Morgan fingerprint density at radius 1 is 1.32 bits per heavy atom. The van der Waals surface area contributed by atoms with Crippen molar-refractivity contribution >= 4 is 34.5 Å². The van der Waals surface area contributed by atoms with E-state index in [-0.39, 0.29) is 5.92 Å². The number of benzene rings is 1. The number of nitrogens with zero attached hydrogens (tertiary/aromatic N) is 2. The third kappa shape index (κ3) is 3.88. The Hall–Kier alpha value is -1.82. The number of carboxylic acids is 1. The van der Waals surface area contributed by atoms with Crippen molar-refractivity contribution in [3.8, 4) is 0 Å². The minimum Gasteiger partial charge on any atom is -0.480 e. The highest BCUT2D eigenvalue weighted by molar-refractivity contribution is 7.98. The second kappa shape index (κ2) is 7.45. The lowest BCUT2D eigenvalue weighted by atomic mass is 10.1. The van der Waals surface area contributed by atoms with Gasteiger partial charge in [-0.25, -0.2) is 14.8 Å². The van der Waals surface area contributed by atoms with Crippen molar-refractivity contribution in [3.05, 3.63) is 30.1 Å². The fraction of sp³-hybridized carbons (Fsp3) is 0.438. The molecule has 6 heteroatoms. The third-order valence-electron chi connectivity index (χ3n) is 3.36. The lowest BCUT2D eigenvalue weighted by Crippen LogP contribution is -2.30. The number of fused-ring (bicyclic) bond motifs is 1. The van der Waals surface area contributed by atoms with Crippen LogP contribution in [0.3, 0.4) is 0 Å². The maximum atomic E-state index is 11.4. The van der Waals surface area contributed by atoms with Crippen molar-refractivity contribution in [2.75, 3.05) is 17.3 Å². The van der Waals surface area contributed by atoms with E-state index in [1.807, 2.05) is 44.4 Å². The molecule has 2 aromatic rings. The fourth-order valence-electron chi connectivity index (χ4n) is 2.12. The van der Waals surface area contributed by atoms with Gasteiger partial charge in [-0.1, -0.05) is 26.0 Å². The van der Waals surface area contributed by atoms with Gasteiger partial charge in [0.05, 0.1) is 5.52 Å². The summed E-state index contributed by atoms with van der Waals surface area (Å²) in [7, 11) is 0. The zero-order valence-electron chi connectivity index (χ0n) is 13.0. The minimum atomic E-state index is -0.858. The molecule has 0 saturated carbocycles. The highest BCUT2D eigenvalue weighted by Crippen LogP contribution is 2.24. The lowest BCUT2D eigenvalue weighted by Gasteiger charge is -2.17. The van der Waals surface area contributed by atoms with Gasteiger partial charge in [0.15, 0.2) is 0 Å². The number of hydrogen-bond acceptors (Lipinski definition) is 5. The first-order chi connectivity index (χ1) is 10.5. The molecule has 0 saturated heterocycles. The number of nitrogens with one attached hydrogen (secondary N) is 1. The molecule has 2 rings (SSSR count). The molecule has 0 aliphatic rings. The van der Waals surface area contributed by atoms with Crippen molar-refractivity contribution in [3.63, 3.8) is 0 Å². The number of rotatable bonds is 7. The monoisotopic (exact) mass is 319 g/mol. The first-order valence-corrected chi connectivity index (χ1v) is 8.67. The van der Waals surface area contributed by atoms with E-state index in [0.717, 1.165) is 22.5 Å². The van der Waals surface area contributed by atoms with Gasteiger partial charge in [0.25, 0.3) is 0 Å². The molecule has 0 spiro atoms. The summed E-state index contributed by atoms with van der Waals surface area (Å²) < 4.78 is 0. The Balaban J connectivity index is 2.41. The van der Waals surface area contributed by atoms with Gasteiger partial charge >= 0.3 is 5.97 Å². The first kappa shape index (κ1) is 16.5.